The number of aryl methyl sites for hydroxylation is 2. The van der Waals surface area contributed by atoms with Gasteiger partial charge in [0, 0.05) is 37.6 Å². The predicted octanol–water partition coefficient (Wildman–Crippen LogP) is 2.58. The van der Waals surface area contributed by atoms with E-state index in [1.807, 2.05) is 29.9 Å². The van der Waals surface area contributed by atoms with Crippen molar-refractivity contribution in [3.05, 3.63) is 57.7 Å². The van der Waals surface area contributed by atoms with Gasteiger partial charge in [0.2, 0.25) is 0 Å². The van der Waals surface area contributed by atoms with Crippen molar-refractivity contribution >= 4 is 5.69 Å². The van der Waals surface area contributed by atoms with Gasteiger partial charge in [-0.3, -0.25) is 15.0 Å². The number of nitro groups is 1. The summed E-state index contributed by atoms with van der Waals surface area (Å²) in [5, 5.41) is 21.6. The van der Waals surface area contributed by atoms with Gasteiger partial charge in [-0.05, 0) is 44.3 Å². The molecule has 0 spiro atoms. The molecule has 1 N–H and O–H groups in total. The molecule has 1 unspecified atom stereocenters. The summed E-state index contributed by atoms with van der Waals surface area (Å²) in [6.45, 7) is 4.19. The van der Waals surface area contributed by atoms with Crippen molar-refractivity contribution in [2.75, 3.05) is 13.1 Å². The monoisotopic (exact) mass is 344 g/mol. The number of benzene rings is 1. The van der Waals surface area contributed by atoms with E-state index in [0.717, 1.165) is 31.5 Å². The van der Waals surface area contributed by atoms with E-state index in [1.165, 1.54) is 0 Å². The number of rotatable bonds is 5. The highest BCUT2D eigenvalue weighted by Gasteiger charge is 2.28. The van der Waals surface area contributed by atoms with Gasteiger partial charge in [0.1, 0.15) is 11.9 Å². The van der Waals surface area contributed by atoms with Crippen LogP contribution in [0.1, 0.15) is 35.9 Å². The van der Waals surface area contributed by atoms with Crippen LogP contribution in [0.15, 0.2) is 30.6 Å². The quantitative estimate of drug-likeness (QED) is 0.666. The highest BCUT2D eigenvalue weighted by Crippen LogP contribution is 2.30. The predicted molar refractivity (Wildman–Crippen MR) is 94.0 cm³/mol. The summed E-state index contributed by atoms with van der Waals surface area (Å²) >= 11 is 0. The summed E-state index contributed by atoms with van der Waals surface area (Å²) in [5.41, 5.74) is 1.82. The average molecular weight is 344 g/mol. The minimum Gasteiger partial charge on any atom is -0.385 e. The number of hydrogen-bond acceptors (Lipinski definition) is 5. The molecule has 2 aromatic rings. The first-order valence-electron chi connectivity index (χ1n) is 8.57. The molecule has 0 bridgehead atoms. The molecule has 0 saturated carbocycles. The summed E-state index contributed by atoms with van der Waals surface area (Å²) in [6.07, 6.45) is 4.79. The Morgan fingerprint density at radius 2 is 2.12 bits per heavy atom. The van der Waals surface area contributed by atoms with Crippen LogP contribution in [0.4, 0.5) is 5.69 Å². The van der Waals surface area contributed by atoms with Crippen molar-refractivity contribution in [1.82, 2.24) is 14.5 Å². The van der Waals surface area contributed by atoms with Gasteiger partial charge in [0.05, 0.1) is 4.92 Å². The third kappa shape index (κ3) is 3.88. The number of hydrogen-bond donors (Lipinski definition) is 1. The Hall–Kier alpha value is -2.25. The van der Waals surface area contributed by atoms with Crippen molar-refractivity contribution in [3.63, 3.8) is 0 Å². The van der Waals surface area contributed by atoms with Gasteiger partial charge in [-0.25, -0.2) is 4.98 Å². The van der Waals surface area contributed by atoms with Gasteiger partial charge in [-0.2, -0.15) is 0 Å². The first-order valence-corrected chi connectivity index (χ1v) is 8.57. The number of nitrogens with zero attached hydrogens (tertiary/aromatic N) is 4. The molecule has 1 aliphatic rings. The van der Waals surface area contributed by atoms with Crippen LogP contribution in [0.2, 0.25) is 0 Å². The Labute approximate surface area is 147 Å². The highest BCUT2D eigenvalue weighted by atomic mass is 16.6. The second kappa shape index (κ2) is 7.33. The van der Waals surface area contributed by atoms with Crippen LogP contribution in [0.5, 0.6) is 0 Å². The van der Waals surface area contributed by atoms with Gasteiger partial charge in [0.15, 0.2) is 0 Å². The Kier molecular flexibility index (Phi) is 5.15. The third-order valence-electron chi connectivity index (χ3n) is 5.08. The molecule has 0 amide bonds. The maximum atomic E-state index is 11.1. The first-order chi connectivity index (χ1) is 12.0. The van der Waals surface area contributed by atoms with Crippen LogP contribution < -0.4 is 0 Å². The molecule has 7 nitrogen and oxygen atoms in total. The molecule has 1 aromatic heterocycles. The number of aliphatic hydroxyl groups is 1. The standard InChI is InChI=1S/C18H24N4O3/c1-13-3-4-14(11-16(13)22(24)25)12-21-8-5-15(6-9-21)17(23)18-19-7-10-20(18)2/h3-4,7,10-11,15,17,23H,5-6,8-9,12H2,1-2H3. The van der Waals surface area contributed by atoms with Crippen LogP contribution in [0.25, 0.3) is 0 Å². The maximum absolute atomic E-state index is 11.1. The molecular weight excluding hydrogens is 320 g/mol. The Morgan fingerprint density at radius 1 is 1.40 bits per heavy atom. The normalized spacial score (nSPS) is 17.6. The minimum atomic E-state index is -0.539. The zero-order valence-electron chi connectivity index (χ0n) is 14.6. The zero-order chi connectivity index (χ0) is 18.0. The van der Waals surface area contributed by atoms with Gasteiger partial charge in [-0.15, -0.1) is 0 Å². The van der Waals surface area contributed by atoms with Crippen LogP contribution in [-0.2, 0) is 13.6 Å². The largest absolute Gasteiger partial charge is 0.385 e. The molecule has 2 heterocycles. The molecule has 3 rings (SSSR count). The average Bonchev–Trinajstić information content (AvgIpc) is 3.02. The van der Waals surface area contributed by atoms with E-state index in [4.69, 9.17) is 0 Å². The summed E-state index contributed by atoms with van der Waals surface area (Å²) in [4.78, 5) is 17.3. The number of aromatic nitrogens is 2. The van der Waals surface area contributed by atoms with Crippen LogP contribution in [-0.4, -0.2) is 37.6 Å². The fraction of sp³-hybridized carbons (Fsp3) is 0.500. The molecule has 134 valence electrons. The molecule has 0 radical (unpaired) electrons. The van der Waals surface area contributed by atoms with E-state index in [-0.39, 0.29) is 16.5 Å². The Balaban J connectivity index is 1.59. The minimum absolute atomic E-state index is 0.178. The van der Waals surface area contributed by atoms with Crippen molar-refractivity contribution < 1.29 is 10.0 Å². The van der Waals surface area contributed by atoms with E-state index in [2.05, 4.69) is 9.88 Å². The second-order valence-corrected chi connectivity index (χ2v) is 6.83. The molecule has 1 aromatic carbocycles. The van der Waals surface area contributed by atoms with Crippen molar-refractivity contribution in [2.24, 2.45) is 13.0 Å². The lowest BCUT2D eigenvalue weighted by Crippen LogP contribution is -2.35. The smallest absolute Gasteiger partial charge is 0.272 e. The van der Waals surface area contributed by atoms with Crippen LogP contribution in [0, 0.1) is 23.0 Å². The molecular formula is C18H24N4O3. The van der Waals surface area contributed by atoms with Gasteiger partial charge in [-0.1, -0.05) is 12.1 Å². The van der Waals surface area contributed by atoms with Crippen LogP contribution >= 0.6 is 0 Å². The lowest BCUT2D eigenvalue weighted by Gasteiger charge is -2.34. The third-order valence-corrected chi connectivity index (χ3v) is 5.08. The fourth-order valence-corrected chi connectivity index (χ4v) is 3.51. The van der Waals surface area contributed by atoms with Crippen molar-refractivity contribution in [2.45, 2.75) is 32.4 Å². The van der Waals surface area contributed by atoms with Gasteiger partial charge in [0.25, 0.3) is 5.69 Å². The number of aliphatic hydroxyl groups excluding tert-OH is 1. The van der Waals surface area contributed by atoms with Gasteiger partial charge >= 0.3 is 0 Å². The van der Waals surface area contributed by atoms with Crippen molar-refractivity contribution in [1.29, 1.82) is 0 Å². The Morgan fingerprint density at radius 3 is 2.72 bits per heavy atom. The molecule has 25 heavy (non-hydrogen) atoms. The van der Waals surface area contributed by atoms with E-state index < -0.39 is 6.10 Å². The van der Waals surface area contributed by atoms with Crippen LogP contribution in [0.3, 0.4) is 0 Å². The topological polar surface area (TPSA) is 84.4 Å². The number of imidazole rings is 1. The van der Waals surface area contributed by atoms with Crippen molar-refractivity contribution in [3.8, 4) is 0 Å². The molecule has 1 atom stereocenters. The van der Waals surface area contributed by atoms with E-state index in [1.54, 1.807) is 19.2 Å². The number of likely N-dealkylation sites (tertiary alicyclic amines) is 1. The summed E-state index contributed by atoms with van der Waals surface area (Å²) < 4.78 is 1.86. The number of nitro benzene ring substituents is 1. The van der Waals surface area contributed by atoms with E-state index >= 15 is 0 Å². The summed E-state index contributed by atoms with van der Waals surface area (Å²) in [7, 11) is 1.89. The lowest BCUT2D eigenvalue weighted by molar-refractivity contribution is -0.385. The molecule has 1 fully saturated rings. The van der Waals surface area contributed by atoms with E-state index in [0.29, 0.717) is 17.9 Å². The SMILES string of the molecule is Cc1ccc(CN2CCC(C(O)c3nccn3C)CC2)cc1[N+](=O)[O-]. The fourth-order valence-electron chi connectivity index (χ4n) is 3.51. The maximum Gasteiger partial charge on any atom is 0.272 e. The molecule has 0 aliphatic carbocycles. The summed E-state index contributed by atoms with van der Waals surface area (Å²) in [6, 6.07) is 5.44. The second-order valence-electron chi connectivity index (χ2n) is 6.83. The Bertz CT molecular complexity index is 751. The zero-order valence-corrected chi connectivity index (χ0v) is 14.6. The molecule has 7 heteroatoms. The van der Waals surface area contributed by atoms with E-state index in [9.17, 15) is 15.2 Å². The lowest BCUT2D eigenvalue weighted by atomic mass is 9.90. The first kappa shape index (κ1) is 17.6. The summed E-state index contributed by atoms with van der Waals surface area (Å²) in [5.74, 6) is 0.914. The molecule has 1 aliphatic heterocycles. The van der Waals surface area contributed by atoms with Gasteiger partial charge < -0.3 is 9.67 Å². The number of piperidine rings is 1. The highest BCUT2D eigenvalue weighted by molar-refractivity contribution is 5.42. The molecule has 1 saturated heterocycles.